The number of halogens is 1. The van der Waals surface area contributed by atoms with Crippen LogP contribution in [-0.4, -0.2) is 16.8 Å². The smallest absolute Gasteiger partial charge is 0.222 e. The molecule has 0 atom stereocenters. The van der Waals surface area contributed by atoms with Gasteiger partial charge in [0.1, 0.15) is 16.6 Å². The second kappa shape index (κ2) is 7.62. The molecule has 7 heteroatoms. The van der Waals surface area contributed by atoms with Crippen LogP contribution in [0.15, 0.2) is 30.3 Å². The summed E-state index contributed by atoms with van der Waals surface area (Å²) in [5, 5.41) is 15.5. The van der Waals surface area contributed by atoms with E-state index < -0.39 is 0 Å². The second-order valence-electron chi connectivity index (χ2n) is 4.23. The summed E-state index contributed by atoms with van der Waals surface area (Å²) >= 11 is 6.88. The molecule has 0 aliphatic carbocycles. The van der Waals surface area contributed by atoms with Gasteiger partial charge in [0, 0.05) is 19.5 Å². The minimum Gasteiger partial charge on any atom is -0.374 e. The fraction of sp³-hybridized carbons (Fsp3) is 0.214. The number of rotatable bonds is 6. The Labute approximate surface area is 131 Å². The van der Waals surface area contributed by atoms with Crippen LogP contribution < -0.4 is 10.6 Å². The molecule has 108 valence electrons. The number of nitrogens with one attached hydrogen (secondary N) is 2. The maximum absolute atomic E-state index is 11.7. The molecule has 2 rings (SSSR count). The highest BCUT2D eigenvalue weighted by Crippen LogP contribution is 2.27. The predicted molar refractivity (Wildman–Crippen MR) is 83.2 cm³/mol. The lowest BCUT2D eigenvalue weighted by Crippen LogP contribution is -2.24. The number of benzene rings is 1. The summed E-state index contributed by atoms with van der Waals surface area (Å²) in [7, 11) is 0. The normalized spacial score (nSPS) is 9.90. The van der Waals surface area contributed by atoms with E-state index in [0.29, 0.717) is 30.1 Å². The van der Waals surface area contributed by atoms with Crippen LogP contribution in [0, 0.1) is 11.3 Å². The van der Waals surface area contributed by atoms with E-state index in [1.165, 1.54) is 0 Å². The Balaban J connectivity index is 1.73. The summed E-state index contributed by atoms with van der Waals surface area (Å²) in [4.78, 5) is 11.7. The molecule has 0 radical (unpaired) electrons. The molecule has 1 amide bonds. The fourth-order valence-electron chi connectivity index (χ4n) is 1.66. The van der Waals surface area contributed by atoms with Gasteiger partial charge in [-0.05, 0) is 17.1 Å². The van der Waals surface area contributed by atoms with E-state index in [4.69, 9.17) is 16.9 Å². The number of nitrogens with zero attached hydrogens (tertiary/aromatic N) is 2. The highest BCUT2D eigenvalue weighted by Gasteiger charge is 2.11. The topological polar surface area (TPSA) is 77.8 Å². The van der Waals surface area contributed by atoms with Crippen molar-refractivity contribution in [2.24, 2.45) is 0 Å². The Hall–Kier alpha value is -2.10. The zero-order valence-electron chi connectivity index (χ0n) is 11.1. The molecular formula is C14H13ClN4OS. The van der Waals surface area contributed by atoms with E-state index >= 15 is 0 Å². The van der Waals surface area contributed by atoms with Crippen molar-refractivity contribution in [3.8, 4) is 6.07 Å². The Bertz CT molecular complexity index is 651. The van der Waals surface area contributed by atoms with Crippen molar-refractivity contribution >= 4 is 34.0 Å². The SMILES string of the molecule is N#Cc1c(Cl)nsc1NCCC(=O)NCc1ccccc1. The van der Waals surface area contributed by atoms with Gasteiger partial charge in [0.25, 0.3) is 0 Å². The van der Waals surface area contributed by atoms with E-state index in [0.717, 1.165) is 17.1 Å². The van der Waals surface area contributed by atoms with Gasteiger partial charge in [-0.3, -0.25) is 4.79 Å². The van der Waals surface area contributed by atoms with Crippen LogP contribution in [-0.2, 0) is 11.3 Å². The van der Waals surface area contributed by atoms with Gasteiger partial charge in [0.05, 0.1) is 0 Å². The molecule has 0 aliphatic heterocycles. The maximum Gasteiger partial charge on any atom is 0.222 e. The molecule has 0 spiro atoms. The standard InChI is InChI=1S/C14H13ClN4OS/c15-13-11(8-16)14(21-19-13)17-7-6-12(20)18-9-10-4-2-1-3-5-10/h1-5,17H,6-7,9H2,(H,18,20). The monoisotopic (exact) mass is 320 g/mol. The number of aromatic nitrogens is 1. The summed E-state index contributed by atoms with van der Waals surface area (Å²) in [5.41, 5.74) is 1.38. The average molecular weight is 321 g/mol. The quantitative estimate of drug-likeness (QED) is 0.858. The third kappa shape index (κ3) is 4.45. The minimum absolute atomic E-state index is 0.0551. The molecule has 2 N–H and O–H groups in total. The highest BCUT2D eigenvalue weighted by atomic mass is 35.5. The van der Waals surface area contributed by atoms with Crippen LogP contribution in [0.2, 0.25) is 5.15 Å². The van der Waals surface area contributed by atoms with Crippen molar-refractivity contribution in [3.63, 3.8) is 0 Å². The number of carbonyl (C=O) groups is 1. The van der Waals surface area contributed by atoms with Gasteiger partial charge in [0.2, 0.25) is 5.91 Å². The third-order valence-corrected chi connectivity index (χ3v) is 3.91. The predicted octanol–water partition coefficient (Wildman–Crippen LogP) is 2.79. The van der Waals surface area contributed by atoms with E-state index in [-0.39, 0.29) is 11.1 Å². The second-order valence-corrected chi connectivity index (χ2v) is 5.36. The molecule has 1 heterocycles. The molecule has 1 aromatic carbocycles. The first kappa shape index (κ1) is 15.3. The third-order valence-electron chi connectivity index (χ3n) is 2.73. The molecular weight excluding hydrogens is 308 g/mol. The van der Waals surface area contributed by atoms with Crippen molar-refractivity contribution < 1.29 is 4.79 Å². The number of hydrogen-bond acceptors (Lipinski definition) is 5. The molecule has 0 fully saturated rings. The summed E-state index contributed by atoms with van der Waals surface area (Å²) in [6.45, 7) is 0.934. The van der Waals surface area contributed by atoms with Crippen molar-refractivity contribution in [2.75, 3.05) is 11.9 Å². The average Bonchev–Trinajstić information content (AvgIpc) is 2.86. The lowest BCUT2D eigenvalue weighted by Gasteiger charge is -2.06. The molecule has 21 heavy (non-hydrogen) atoms. The first-order valence-corrected chi connectivity index (χ1v) is 7.45. The van der Waals surface area contributed by atoms with Crippen LogP contribution >= 0.6 is 23.1 Å². The number of anilines is 1. The molecule has 0 aliphatic rings. The Morgan fingerprint density at radius 3 is 2.86 bits per heavy atom. The summed E-state index contributed by atoms with van der Waals surface area (Å²) in [5.74, 6) is -0.0551. The van der Waals surface area contributed by atoms with Gasteiger partial charge in [-0.1, -0.05) is 41.9 Å². The van der Waals surface area contributed by atoms with Crippen molar-refractivity contribution in [2.45, 2.75) is 13.0 Å². The van der Waals surface area contributed by atoms with Crippen molar-refractivity contribution in [1.82, 2.24) is 9.69 Å². The summed E-state index contributed by atoms with van der Waals surface area (Å²) in [6.07, 6.45) is 0.313. The van der Waals surface area contributed by atoms with E-state index in [1.807, 2.05) is 36.4 Å². The summed E-state index contributed by atoms with van der Waals surface area (Å²) < 4.78 is 3.88. The largest absolute Gasteiger partial charge is 0.374 e. The lowest BCUT2D eigenvalue weighted by atomic mass is 10.2. The van der Waals surface area contributed by atoms with Crippen LogP contribution in [0.5, 0.6) is 0 Å². The van der Waals surface area contributed by atoms with Gasteiger partial charge in [-0.2, -0.15) is 9.64 Å². The molecule has 1 aromatic heterocycles. The van der Waals surface area contributed by atoms with Gasteiger partial charge < -0.3 is 10.6 Å². The van der Waals surface area contributed by atoms with Crippen molar-refractivity contribution in [1.29, 1.82) is 5.26 Å². The zero-order valence-corrected chi connectivity index (χ0v) is 12.7. The van der Waals surface area contributed by atoms with Gasteiger partial charge in [0.15, 0.2) is 5.15 Å². The number of amides is 1. The number of nitriles is 1. The maximum atomic E-state index is 11.7. The number of hydrogen-bond donors (Lipinski definition) is 2. The van der Waals surface area contributed by atoms with Gasteiger partial charge in [-0.15, -0.1) is 0 Å². The van der Waals surface area contributed by atoms with Crippen LogP contribution in [0.25, 0.3) is 0 Å². The van der Waals surface area contributed by atoms with E-state index in [9.17, 15) is 4.79 Å². The van der Waals surface area contributed by atoms with Crippen molar-refractivity contribution in [3.05, 3.63) is 46.6 Å². The van der Waals surface area contributed by atoms with E-state index in [2.05, 4.69) is 15.0 Å². The fourth-order valence-corrected chi connectivity index (χ4v) is 2.62. The summed E-state index contributed by atoms with van der Waals surface area (Å²) in [6, 6.07) is 11.7. The van der Waals surface area contributed by atoms with Gasteiger partial charge in [-0.25, -0.2) is 0 Å². The Morgan fingerprint density at radius 1 is 1.38 bits per heavy atom. The van der Waals surface area contributed by atoms with Crippen LogP contribution in [0.1, 0.15) is 17.5 Å². The molecule has 0 saturated heterocycles. The first-order valence-electron chi connectivity index (χ1n) is 6.30. The lowest BCUT2D eigenvalue weighted by molar-refractivity contribution is -0.121. The van der Waals surface area contributed by atoms with Crippen LogP contribution in [0.3, 0.4) is 0 Å². The van der Waals surface area contributed by atoms with E-state index in [1.54, 1.807) is 0 Å². The Morgan fingerprint density at radius 2 is 2.14 bits per heavy atom. The molecule has 2 aromatic rings. The Kier molecular flexibility index (Phi) is 5.55. The van der Waals surface area contributed by atoms with Crippen LogP contribution in [0.4, 0.5) is 5.00 Å². The van der Waals surface area contributed by atoms with Gasteiger partial charge >= 0.3 is 0 Å². The minimum atomic E-state index is -0.0551. The first-order chi connectivity index (χ1) is 10.2. The number of carbonyl (C=O) groups excluding carboxylic acids is 1. The zero-order chi connectivity index (χ0) is 15.1. The molecule has 5 nitrogen and oxygen atoms in total. The molecule has 0 unspecified atom stereocenters. The highest BCUT2D eigenvalue weighted by molar-refractivity contribution is 7.10. The molecule has 0 bridgehead atoms. The molecule has 0 saturated carbocycles.